The summed E-state index contributed by atoms with van der Waals surface area (Å²) in [6.45, 7) is 1.04. The van der Waals surface area contributed by atoms with Gasteiger partial charge < -0.3 is 14.8 Å². The summed E-state index contributed by atoms with van der Waals surface area (Å²) in [6.07, 6.45) is 1.49. The van der Waals surface area contributed by atoms with Gasteiger partial charge in [-0.05, 0) is 25.1 Å². The van der Waals surface area contributed by atoms with E-state index in [4.69, 9.17) is 4.42 Å². The number of carbonyl (C=O) groups is 1. The first-order chi connectivity index (χ1) is 11.9. The van der Waals surface area contributed by atoms with Crippen LogP contribution < -0.4 is 5.32 Å². The third-order valence-corrected chi connectivity index (χ3v) is 3.70. The number of aromatic nitrogens is 2. The largest absolute Gasteiger partial charge is 0.463 e. The van der Waals surface area contributed by atoms with Gasteiger partial charge in [0.2, 0.25) is 0 Å². The third kappa shape index (κ3) is 3.58. The number of H-pyrrole nitrogens is 1. The first kappa shape index (κ1) is 16.8. The second-order valence-corrected chi connectivity index (χ2v) is 5.72. The number of nitrogens with zero attached hydrogens (tertiary/aromatic N) is 1. The Morgan fingerprint density at radius 2 is 2.16 bits per heavy atom. The smallest absolute Gasteiger partial charge is 0.271 e. The molecule has 3 aromatic rings. The molecule has 0 aliphatic carbocycles. The molecular weight excluding hydrogens is 332 g/mol. The fourth-order valence-electron chi connectivity index (χ4n) is 2.36. The van der Waals surface area contributed by atoms with Crippen molar-refractivity contribution in [2.24, 2.45) is 0 Å². The van der Waals surface area contributed by atoms with Crippen LogP contribution in [0.15, 0.2) is 47.1 Å². The number of rotatable bonds is 5. The van der Waals surface area contributed by atoms with Gasteiger partial charge >= 0.3 is 0 Å². The van der Waals surface area contributed by atoms with Gasteiger partial charge in [-0.3, -0.25) is 9.89 Å². The highest BCUT2D eigenvalue weighted by Crippen LogP contribution is 2.24. The molecule has 0 radical (unpaired) electrons. The van der Waals surface area contributed by atoms with Crippen molar-refractivity contribution in [3.8, 4) is 11.5 Å². The number of hydrogen-bond donors (Lipinski definition) is 3. The number of carbonyl (C=O) groups excluding carboxylic acids is 1. The third-order valence-electron chi connectivity index (χ3n) is 3.70. The van der Waals surface area contributed by atoms with Crippen LogP contribution in [-0.2, 0) is 5.60 Å². The summed E-state index contributed by atoms with van der Waals surface area (Å²) in [5, 5.41) is 19.4. The maximum absolute atomic E-state index is 13.8. The first-order valence-electron chi connectivity index (χ1n) is 7.42. The highest BCUT2D eigenvalue weighted by molar-refractivity contribution is 5.93. The summed E-state index contributed by atoms with van der Waals surface area (Å²) in [4.78, 5) is 12.2. The molecule has 2 aromatic heterocycles. The molecule has 3 N–H and O–H groups in total. The van der Waals surface area contributed by atoms with E-state index < -0.39 is 23.1 Å². The van der Waals surface area contributed by atoms with Gasteiger partial charge in [-0.15, -0.1) is 0 Å². The van der Waals surface area contributed by atoms with Crippen LogP contribution in [0.2, 0.25) is 0 Å². The molecular formula is C17H15F2N3O3. The van der Waals surface area contributed by atoms with Gasteiger partial charge in [0.05, 0.1) is 12.8 Å². The molecule has 1 amide bonds. The van der Waals surface area contributed by atoms with E-state index in [1.54, 1.807) is 12.1 Å². The number of nitrogens with one attached hydrogen (secondary N) is 2. The number of aliphatic hydroxyl groups is 1. The van der Waals surface area contributed by atoms with Crippen molar-refractivity contribution in [2.75, 3.05) is 6.54 Å². The van der Waals surface area contributed by atoms with Crippen LogP contribution in [0.1, 0.15) is 23.0 Å². The lowest BCUT2D eigenvalue weighted by Crippen LogP contribution is -2.39. The van der Waals surface area contributed by atoms with Crippen molar-refractivity contribution in [1.82, 2.24) is 15.5 Å². The first-order valence-corrected chi connectivity index (χ1v) is 7.42. The van der Waals surface area contributed by atoms with Crippen molar-refractivity contribution in [1.29, 1.82) is 0 Å². The lowest BCUT2D eigenvalue weighted by Gasteiger charge is -2.24. The Hall–Kier alpha value is -3.00. The van der Waals surface area contributed by atoms with Crippen LogP contribution in [-0.4, -0.2) is 27.8 Å². The van der Waals surface area contributed by atoms with E-state index in [9.17, 15) is 18.7 Å². The van der Waals surface area contributed by atoms with Crippen LogP contribution in [0.4, 0.5) is 8.78 Å². The minimum atomic E-state index is -1.71. The Morgan fingerprint density at radius 1 is 1.36 bits per heavy atom. The molecule has 1 aromatic carbocycles. The molecule has 25 heavy (non-hydrogen) atoms. The number of amides is 1. The molecule has 6 nitrogen and oxygen atoms in total. The molecule has 0 saturated heterocycles. The molecule has 0 spiro atoms. The minimum absolute atomic E-state index is 0.0850. The van der Waals surface area contributed by atoms with Crippen molar-refractivity contribution in [3.05, 3.63) is 65.6 Å². The monoisotopic (exact) mass is 347 g/mol. The van der Waals surface area contributed by atoms with E-state index in [1.165, 1.54) is 19.3 Å². The Morgan fingerprint density at radius 3 is 2.84 bits per heavy atom. The predicted molar refractivity (Wildman–Crippen MR) is 84.6 cm³/mol. The molecule has 1 unspecified atom stereocenters. The maximum atomic E-state index is 13.8. The standard InChI is InChI=1S/C17H15F2N3O3/c1-17(24,11-5-4-10(18)7-12(11)19)9-20-16(23)14-8-13(21-22-14)15-3-2-6-25-15/h2-8,24H,9H2,1H3,(H,20,23)(H,21,22). The van der Waals surface area contributed by atoms with Gasteiger partial charge in [-0.25, -0.2) is 8.78 Å². The van der Waals surface area contributed by atoms with E-state index >= 15 is 0 Å². The number of benzene rings is 1. The summed E-state index contributed by atoms with van der Waals surface area (Å²) in [6, 6.07) is 7.75. The number of aromatic amines is 1. The molecule has 1 atom stereocenters. The van der Waals surface area contributed by atoms with Crippen LogP contribution in [0.25, 0.3) is 11.5 Å². The zero-order valence-corrected chi connectivity index (χ0v) is 13.2. The Labute approximate surface area is 141 Å². The summed E-state index contributed by atoms with van der Waals surface area (Å²) >= 11 is 0. The average Bonchev–Trinajstić information content (AvgIpc) is 3.23. The van der Waals surface area contributed by atoms with E-state index in [2.05, 4.69) is 15.5 Å². The molecule has 0 aliphatic heterocycles. The summed E-state index contributed by atoms with van der Waals surface area (Å²) in [7, 11) is 0. The molecule has 0 saturated carbocycles. The average molecular weight is 347 g/mol. The fraction of sp³-hybridized carbons (Fsp3) is 0.176. The van der Waals surface area contributed by atoms with E-state index in [0.29, 0.717) is 17.5 Å². The normalized spacial score (nSPS) is 13.4. The highest BCUT2D eigenvalue weighted by atomic mass is 19.1. The van der Waals surface area contributed by atoms with Crippen LogP contribution in [0.5, 0.6) is 0 Å². The SMILES string of the molecule is CC(O)(CNC(=O)c1cc(-c2ccco2)[nH]n1)c1ccc(F)cc1F. The van der Waals surface area contributed by atoms with Gasteiger partial charge in [0.1, 0.15) is 22.9 Å². The molecule has 8 heteroatoms. The second-order valence-electron chi connectivity index (χ2n) is 5.72. The van der Waals surface area contributed by atoms with Gasteiger partial charge in [0.15, 0.2) is 11.5 Å². The Balaban J connectivity index is 1.69. The van der Waals surface area contributed by atoms with Gasteiger partial charge in [0.25, 0.3) is 5.91 Å². The molecule has 130 valence electrons. The predicted octanol–water partition coefficient (Wildman–Crippen LogP) is 2.59. The summed E-state index contributed by atoms with van der Waals surface area (Å²) in [5.74, 6) is -1.68. The number of hydrogen-bond acceptors (Lipinski definition) is 4. The van der Waals surface area contributed by atoms with Gasteiger partial charge in [-0.2, -0.15) is 5.10 Å². The lowest BCUT2D eigenvalue weighted by atomic mass is 9.95. The molecule has 0 aliphatic rings. The van der Waals surface area contributed by atoms with E-state index in [-0.39, 0.29) is 17.8 Å². The zero-order valence-electron chi connectivity index (χ0n) is 13.2. The second kappa shape index (κ2) is 6.48. The maximum Gasteiger partial charge on any atom is 0.271 e. The number of halogens is 2. The Kier molecular flexibility index (Phi) is 4.37. The van der Waals surface area contributed by atoms with Crippen molar-refractivity contribution in [3.63, 3.8) is 0 Å². The summed E-state index contributed by atoms with van der Waals surface area (Å²) < 4.78 is 32.0. The number of furan rings is 1. The van der Waals surface area contributed by atoms with Crippen molar-refractivity contribution >= 4 is 5.91 Å². The molecule has 3 rings (SSSR count). The van der Waals surface area contributed by atoms with Gasteiger partial charge in [-0.1, -0.05) is 6.07 Å². The fourth-order valence-corrected chi connectivity index (χ4v) is 2.36. The minimum Gasteiger partial charge on any atom is -0.463 e. The molecule has 0 bridgehead atoms. The molecule has 0 fully saturated rings. The van der Waals surface area contributed by atoms with Crippen molar-refractivity contribution < 1.29 is 23.1 Å². The zero-order chi connectivity index (χ0) is 18.0. The van der Waals surface area contributed by atoms with Crippen LogP contribution in [0.3, 0.4) is 0 Å². The highest BCUT2D eigenvalue weighted by Gasteiger charge is 2.28. The van der Waals surface area contributed by atoms with E-state index in [1.807, 2.05) is 0 Å². The summed E-state index contributed by atoms with van der Waals surface area (Å²) in [5.41, 5.74) is -1.23. The van der Waals surface area contributed by atoms with Gasteiger partial charge in [0, 0.05) is 17.7 Å². The van der Waals surface area contributed by atoms with Crippen molar-refractivity contribution in [2.45, 2.75) is 12.5 Å². The lowest BCUT2D eigenvalue weighted by molar-refractivity contribution is 0.0493. The van der Waals surface area contributed by atoms with E-state index in [0.717, 1.165) is 12.1 Å². The van der Waals surface area contributed by atoms with Crippen LogP contribution >= 0.6 is 0 Å². The quantitative estimate of drug-likeness (QED) is 0.662. The molecule has 2 heterocycles. The topological polar surface area (TPSA) is 91.1 Å². The van der Waals surface area contributed by atoms with Crippen LogP contribution in [0, 0.1) is 11.6 Å². The Bertz CT molecular complexity index is 888.